The number of ether oxygens (including phenoxy) is 2. The lowest BCUT2D eigenvalue weighted by molar-refractivity contribution is 0.122. The summed E-state index contributed by atoms with van der Waals surface area (Å²) in [5.74, 6) is -0.326. The maximum Gasteiger partial charge on any atom is 0.436 e. The van der Waals surface area contributed by atoms with E-state index in [4.69, 9.17) is 9.47 Å². The van der Waals surface area contributed by atoms with Crippen LogP contribution in [-0.4, -0.2) is 53.6 Å². The molecule has 10 heteroatoms. The Kier molecular flexibility index (Phi) is 6.73. The number of hydrogen-bond acceptors (Lipinski definition) is 6. The van der Waals surface area contributed by atoms with Crippen molar-refractivity contribution in [2.45, 2.75) is 6.92 Å². The van der Waals surface area contributed by atoms with E-state index >= 15 is 0 Å². The second-order valence-corrected chi connectivity index (χ2v) is 9.88. The highest BCUT2D eigenvalue weighted by Crippen LogP contribution is 2.33. The zero-order valence-electron chi connectivity index (χ0n) is 22.9. The van der Waals surface area contributed by atoms with E-state index < -0.39 is 6.09 Å². The highest BCUT2D eigenvalue weighted by atomic mass is 19.1. The monoisotopic (exact) mass is 550 g/mol. The number of aryl methyl sites for hydroxylation is 2. The maximum atomic E-state index is 14.1. The molecule has 0 unspecified atom stereocenters. The van der Waals surface area contributed by atoms with E-state index in [-0.39, 0.29) is 5.82 Å². The molecule has 1 aliphatic heterocycles. The van der Waals surface area contributed by atoms with E-state index in [0.29, 0.717) is 54.2 Å². The van der Waals surface area contributed by atoms with Gasteiger partial charge in [0.1, 0.15) is 11.9 Å². The summed E-state index contributed by atoms with van der Waals surface area (Å²) in [4.78, 5) is 23.5. The van der Waals surface area contributed by atoms with E-state index in [2.05, 4.69) is 20.9 Å². The molecule has 0 saturated carbocycles. The molecule has 9 nitrogen and oxygen atoms in total. The van der Waals surface area contributed by atoms with Gasteiger partial charge in [0.25, 0.3) is 0 Å². The molecule has 3 heterocycles. The second kappa shape index (κ2) is 10.5. The van der Waals surface area contributed by atoms with Crippen LogP contribution in [0.5, 0.6) is 0 Å². The number of aromatic nitrogens is 3. The molecule has 2 aromatic heterocycles. The molecular formula is C31H27FN6O3. The second-order valence-electron chi connectivity index (χ2n) is 9.88. The minimum Gasteiger partial charge on any atom is -0.451 e. The lowest BCUT2D eigenvalue weighted by Gasteiger charge is -2.30. The highest BCUT2D eigenvalue weighted by Gasteiger charge is 2.22. The smallest absolute Gasteiger partial charge is 0.436 e. The Balaban J connectivity index is 1.69. The van der Waals surface area contributed by atoms with Crippen LogP contribution in [0, 0.1) is 24.1 Å². The first-order valence-electron chi connectivity index (χ1n) is 13.2. The van der Waals surface area contributed by atoms with Crippen molar-refractivity contribution in [3.05, 3.63) is 83.4 Å². The van der Waals surface area contributed by atoms with Crippen molar-refractivity contribution in [1.82, 2.24) is 14.1 Å². The number of carbonyl (C=O) groups is 1. The number of methoxy groups -OCH3 is 1. The first-order valence-corrected chi connectivity index (χ1v) is 13.2. The zero-order chi connectivity index (χ0) is 28.7. The third-order valence-electron chi connectivity index (χ3n) is 7.46. The predicted octanol–water partition coefficient (Wildman–Crippen LogP) is 5.01. The molecule has 1 saturated heterocycles. The van der Waals surface area contributed by atoms with Crippen molar-refractivity contribution >= 4 is 33.7 Å². The van der Waals surface area contributed by atoms with E-state index in [9.17, 15) is 14.4 Å². The number of hydrogen-bond donors (Lipinski definition) is 0. The van der Waals surface area contributed by atoms with Crippen LogP contribution in [-0.2, 0) is 16.5 Å². The minimum atomic E-state index is -0.759. The molecule has 0 aliphatic carbocycles. The van der Waals surface area contributed by atoms with Crippen LogP contribution in [0.15, 0.2) is 65.8 Å². The summed E-state index contributed by atoms with van der Waals surface area (Å²) in [6, 6.07) is 18.3. The summed E-state index contributed by atoms with van der Waals surface area (Å²) in [6.45, 7) is 4.54. The summed E-state index contributed by atoms with van der Waals surface area (Å²) < 4.78 is 28.1. The number of fused-ring (bicyclic) bond motifs is 3. The van der Waals surface area contributed by atoms with Gasteiger partial charge in [-0.05, 0) is 60.0 Å². The number of amides is 1. The number of anilines is 1. The highest BCUT2D eigenvalue weighted by molar-refractivity contribution is 6.04. The number of nitriles is 1. The van der Waals surface area contributed by atoms with Gasteiger partial charge in [-0.1, -0.05) is 18.2 Å². The average Bonchev–Trinajstić information content (AvgIpc) is 3.28. The van der Waals surface area contributed by atoms with Crippen LogP contribution in [0.25, 0.3) is 38.8 Å². The molecule has 0 radical (unpaired) electrons. The van der Waals surface area contributed by atoms with Gasteiger partial charge in [0.2, 0.25) is 5.62 Å². The Labute approximate surface area is 235 Å². The van der Waals surface area contributed by atoms with Gasteiger partial charge in [0, 0.05) is 25.5 Å². The minimum absolute atomic E-state index is 0.309. The van der Waals surface area contributed by atoms with Gasteiger partial charge in [0.15, 0.2) is 0 Å². The van der Waals surface area contributed by atoms with Crippen molar-refractivity contribution in [3.63, 3.8) is 0 Å². The molecule has 1 aliphatic rings. The summed E-state index contributed by atoms with van der Waals surface area (Å²) in [5, 5.41) is 11.0. The van der Waals surface area contributed by atoms with Crippen LogP contribution >= 0.6 is 0 Å². The Bertz CT molecular complexity index is 1950. The molecule has 6 rings (SSSR count). The quantitative estimate of drug-likeness (QED) is 0.313. The van der Waals surface area contributed by atoms with Crippen LogP contribution in [0.3, 0.4) is 0 Å². The molecular weight excluding hydrogens is 523 g/mol. The SMILES string of the molecule is COC(=O)N=c1n(C)c2cnc3ccc(-c4cccc(F)c4)cc3c2n1-c1cc(C#N)c(N2CCOCC2)cc1C. The fourth-order valence-electron chi connectivity index (χ4n) is 5.41. The number of nitrogens with zero attached hydrogens (tertiary/aromatic N) is 6. The van der Waals surface area contributed by atoms with Crippen molar-refractivity contribution in [2.24, 2.45) is 12.0 Å². The van der Waals surface area contributed by atoms with Gasteiger partial charge >= 0.3 is 6.09 Å². The van der Waals surface area contributed by atoms with Gasteiger partial charge in [-0.2, -0.15) is 5.26 Å². The fraction of sp³-hybridized carbons (Fsp3) is 0.226. The first kappa shape index (κ1) is 26.2. The van der Waals surface area contributed by atoms with Crippen molar-refractivity contribution < 1.29 is 18.7 Å². The van der Waals surface area contributed by atoms with Crippen LogP contribution < -0.4 is 10.5 Å². The summed E-state index contributed by atoms with van der Waals surface area (Å²) >= 11 is 0. The number of pyridine rings is 1. The molecule has 41 heavy (non-hydrogen) atoms. The molecule has 0 N–H and O–H groups in total. The van der Waals surface area contributed by atoms with Crippen LogP contribution in [0.1, 0.15) is 11.1 Å². The van der Waals surface area contributed by atoms with E-state index in [0.717, 1.165) is 33.3 Å². The molecule has 1 amide bonds. The summed E-state index contributed by atoms with van der Waals surface area (Å²) in [6.07, 6.45) is 0.972. The molecule has 0 atom stereocenters. The van der Waals surface area contributed by atoms with E-state index in [1.807, 2.05) is 47.9 Å². The van der Waals surface area contributed by atoms with E-state index in [1.165, 1.54) is 19.2 Å². The standard InChI is InChI=1S/C31H27FN6O3/c1-19-13-27(37-9-11-41-12-10-37)22(17-33)16-26(19)38-29-24-15-21(20-5-4-6-23(32)14-20)7-8-25(24)34-18-28(29)36(2)30(38)35-31(39)40-3/h4-8,13-16,18H,9-12H2,1-3H3. The van der Waals surface area contributed by atoms with Crippen molar-refractivity contribution in [1.29, 1.82) is 5.26 Å². The summed E-state index contributed by atoms with van der Waals surface area (Å²) in [5.41, 5.74) is 6.92. The third kappa shape index (κ3) is 4.60. The zero-order valence-corrected chi connectivity index (χ0v) is 22.9. The van der Waals surface area contributed by atoms with Crippen molar-refractivity contribution in [2.75, 3.05) is 38.3 Å². The number of rotatable bonds is 3. The van der Waals surface area contributed by atoms with E-state index in [1.54, 1.807) is 23.9 Å². The van der Waals surface area contributed by atoms with Crippen LogP contribution in [0.4, 0.5) is 14.9 Å². The van der Waals surface area contributed by atoms with Gasteiger partial charge in [0.05, 0.1) is 60.0 Å². The topological polar surface area (TPSA) is 97.7 Å². The largest absolute Gasteiger partial charge is 0.451 e. The molecule has 0 spiro atoms. The Hall–Kier alpha value is -5.01. The number of halogens is 1. The van der Waals surface area contributed by atoms with Crippen LogP contribution in [0.2, 0.25) is 0 Å². The maximum absolute atomic E-state index is 14.1. The molecule has 3 aromatic carbocycles. The summed E-state index contributed by atoms with van der Waals surface area (Å²) in [7, 11) is 3.07. The Morgan fingerprint density at radius 1 is 1.10 bits per heavy atom. The predicted molar refractivity (Wildman–Crippen MR) is 153 cm³/mol. The lowest BCUT2D eigenvalue weighted by atomic mass is 10.0. The molecule has 0 bridgehead atoms. The first-order chi connectivity index (χ1) is 19.9. The Morgan fingerprint density at radius 2 is 1.88 bits per heavy atom. The van der Waals surface area contributed by atoms with Gasteiger partial charge < -0.3 is 18.9 Å². The number of benzene rings is 3. The number of imidazole rings is 1. The Morgan fingerprint density at radius 3 is 2.61 bits per heavy atom. The normalized spacial score (nSPS) is 14.0. The molecule has 5 aromatic rings. The average molecular weight is 551 g/mol. The molecule has 1 fully saturated rings. The fourth-order valence-corrected chi connectivity index (χ4v) is 5.41. The molecule has 206 valence electrons. The number of morpholine rings is 1. The van der Waals surface area contributed by atoms with Gasteiger partial charge in [-0.15, -0.1) is 4.99 Å². The third-order valence-corrected chi connectivity index (χ3v) is 7.46. The van der Waals surface area contributed by atoms with Gasteiger partial charge in [-0.25, -0.2) is 9.18 Å². The van der Waals surface area contributed by atoms with Crippen molar-refractivity contribution in [3.8, 4) is 22.9 Å². The lowest BCUT2D eigenvalue weighted by Crippen LogP contribution is -2.36. The number of carbonyl (C=O) groups excluding carboxylic acids is 1. The van der Waals surface area contributed by atoms with Gasteiger partial charge in [-0.3, -0.25) is 9.55 Å².